The molecular weight excluding hydrogens is 314 g/mol. The number of para-hydroxylation sites is 1. The van der Waals surface area contributed by atoms with E-state index in [-0.39, 0.29) is 5.56 Å². The number of carbonyl (C=O) groups is 1. The van der Waals surface area contributed by atoms with Crippen LogP contribution in [-0.4, -0.2) is 5.91 Å². The van der Waals surface area contributed by atoms with Crippen LogP contribution in [0.15, 0.2) is 51.7 Å². The van der Waals surface area contributed by atoms with E-state index in [2.05, 4.69) is 5.32 Å². The van der Waals surface area contributed by atoms with Crippen LogP contribution in [0.3, 0.4) is 0 Å². The first-order valence-electron chi connectivity index (χ1n) is 8.50. The first-order chi connectivity index (χ1) is 12.0. The Balaban J connectivity index is 2.04. The highest BCUT2D eigenvalue weighted by Gasteiger charge is 2.16. The molecule has 25 heavy (non-hydrogen) atoms. The molecule has 128 valence electrons. The summed E-state index contributed by atoms with van der Waals surface area (Å²) in [4.78, 5) is 25.0. The monoisotopic (exact) mass is 335 g/mol. The van der Waals surface area contributed by atoms with Crippen molar-refractivity contribution in [2.45, 2.75) is 33.6 Å². The number of benzene rings is 2. The fraction of sp³-hybridized carbons (Fsp3) is 0.238. The second-order valence-electron chi connectivity index (χ2n) is 6.10. The predicted octanol–water partition coefficient (Wildman–Crippen LogP) is 4.48. The molecule has 0 bridgehead atoms. The molecule has 0 unspecified atom stereocenters. The van der Waals surface area contributed by atoms with E-state index in [4.69, 9.17) is 4.42 Å². The Kier molecular flexibility index (Phi) is 4.70. The zero-order chi connectivity index (χ0) is 18.0. The number of aryl methyl sites for hydroxylation is 3. The van der Waals surface area contributed by atoms with E-state index in [1.165, 1.54) is 0 Å². The summed E-state index contributed by atoms with van der Waals surface area (Å²) in [7, 11) is 0. The lowest BCUT2D eigenvalue weighted by atomic mass is 10.0. The summed E-state index contributed by atoms with van der Waals surface area (Å²) in [5, 5.41) is 3.66. The van der Waals surface area contributed by atoms with Gasteiger partial charge in [0.1, 0.15) is 11.1 Å². The fourth-order valence-electron chi connectivity index (χ4n) is 2.99. The molecule has 3 rings (SSSR count). The summed E-state index contributed by atoms with van der Waals surface area (Å²) in [6.45, 7) is 6.03. The van der Waals surface area contributed by atoms with Gasteiger partial charge in [-0.25, -0.2) is 4.79 Å². The number of amides is 1. The Morgan fingerprint density at radius 3 is 2.36 bits per heavy atom. The van der Waals surface area contributed by atoms with Gasteiger partial charge in [-0.2, -0.15) is 0 Å². The van der Waals surface area contributed by atoms with E-state index in [0.29, 0.717) is 5.58 Å². The van der Waals surface area contributed by atoms with E-state index in [9.17, 15) is 9.59 Å². The molecule has 1 amide bonds. The average molecular weight is 335 g/mol. The van der Waals surface area contributed by atoms with Crippen LogP contribution in [0.2, 0.25) is 0 Å². The number of carbonyl (C=O) groups excluding carboxylic acids is 1. The zero-order valence-corrected chi connectivity index (χ0v) is 14.7. The van der Waals surface area contributed by atoms with Gasteiger partial charge in [0.2, 0.25) is 0 Å². The van der Waals surface area contributed by atoms with Crippen LogP contribution in [0.1, 0.15) is 40.9 Å². The van der Waals surface area contributed by atoms with Crippen molar-refractivity contribution in [2.75, 3.05) is 5.32 Å². The Bertz CT molecular complexity index is 979. The number of fused-ring (bicyclic) bond motifs is 1. The Labute approximate surface area is 146 Å². The first-order valence-corrected chi connectivity index (χ1v) is 8.50. The lowest BCUT2D eigenvalue weighted by Gasteiger charge is -2.14. The minimum Gasteiger partial charge on any atom is -0.422 e. The largest absolute Gasteiger partial charge is 0.422 e. The maximum atomic E-state index is 12.7. The fourth-order valence-corrected chi connectivity index (χ4v) is 2.99. The smallest absolute Gasteiger partial charge is 0.349 e. The molecule has 4 nitrogen and oxygen atoms in total. The average Bonchev–Trinajstić information content (AvgIpc) is 2.61. The molecule has 0 saturated carbocycles. The van der Waals surface area contributed by atoms with E-state index in [1.807, 2.05) is 51.1 Å². The zero-order valence-electron chi connectivity index (χ0n) is 14.7. The third-order valence-electron chi connectivity index (χ3n) is 4.37. The van der Waals surface area contributed by atoms with Gasteiger partial charge >= 0.3 is 5.63 Å². The number of hydrogen-bond acceptors (Lipinski definition) is 3. The van der Waals surface area contributed by atoms with Crippen LogP contribution in [-0.2, 0) is 12.8 Å². The van der Waals surface area contributed by atoms with Crippen molar-refractivity contribution >= 4 is 22.6 Å². The van der Waals surface area contributed by atoms with E-state index < -0.39 is 11.5 Å². The highest BCUT2D eigenvalue weighted by atomic mass is 16.4. The third-order valence-corrected chi connectivity index (χ3v) is 4.37. The normalized spacial score (nSPS) is 10.8. The van der Waals surface area contributed by atoms with E-state index >= 15 is 0 Å². The molecule has 1 aromatic heterocycles. The Morgan fingerprint density at radius 2 is 1.72 bits per heavy atom. The molecule has 2 aromatic carbocycles. The molecule has 4 heteroatoms. The highest BCUT2D eigenvalue weighted by molar-refractivity contribution is 6.06. The van der Waals surface area contributed by atoms with E-state index in [0.717, 1.165) is 40.6 Å². The van der Waals surface area contributed by atoms with Crippen LogP contribution >= 0.6 is 0 Å². The highest BCUT2D eigenvalue weighted by Crippen LogP contribution is 2.23. The van der Waals surface area contributed by atoms with Gasteiger partial charge in [-0.15, -0.1) is 0 Å². The van der Waals surface area contributed by atoms with Gasteiger partial charge < -0.3 is 9.73 Å². The number of rotatable bonds is 4. The van der Waals surface area contributed by atoms with Gasteiger partial charge in [0.25, 0.3) is 5.91 Å². The molecule has 1 N–H and O–H groups in total. The van der Waals surface area contributed by atoms with Gasteiger partial charge in [-0.1, -0.05) is 43.7 Å². The van der Waals surface area contributed by atoms with Crippen molar-refractivity contribution in [3.8, 4) is 0 Å². The maximum Gasteiger partial charge on any atom is 0.349 e. The van der Waals surface area contributed by atoms with Gasteiger partial charge in [0.15, 0.2) is 0 Å². The van der Waals surface area contributed by atoms with Crippen molar-refractivity contribution < 1.29 is 9.21 Å². The van der Waals surface area contributed by atoms with Gasteiger partial charge in [-0.05, 0) is 49.1 Å². The molecule has 0 aliphatic heterocycles. The second-order valence-corrected chi connectivity index (χ2v) is 6.10. The molecule has 0 atom stereocenters. The minimum absolute atomic E-state index is 0.0195. The summed E-state index contributed by atoms with van der Waals surface area (Å²) >= 11 is 0. The van der Waals surface area contributed by atoms with Gasteiger partial charge in [0, 0.05) is 11.1 Å². The molecule has 3 aromatic rings. The standard InChI is InChI=1S/C21H21NO3/c1-4-14-7-6-8-15(5-2)19(14)22-20(23)17-12-16-11-13(3)9-10-18(16)25-21(17)24/h6-12H,4-5H2,1-3H3,(H,22,23). The first kappa shape index (κ1) is 17.0. The summed E-state index contributed by atoms with van der Waals surface area (Å²) in [6.07, 6.45) is 1.60. The molecule has 0 saturated heterocycles. The maximum absolute atomic E-state index is 12.7. The molecule has 0 aliphatic carbocycles. The lowest BCUT2D eigenvalue weighted by Crippen LogP contribution is -2.22. The summed E-state index contributed by atoms with van der Waals surface area (Å²) < 4.78 is 5.30. The summed E-state index contributed by atoms with van der Waals surface area (Å²) in [6, 6.07) is 13.1. The molecular formula is C21H21NO3. The topological polar surface area (TPSA) is 59.3 Å². The molecule has 0 spiro atoms. The molecule has 0 fully saturated rings. The summed E-state index contributed by atoms with van der Waals surface area (Å²) in [5.41, 5.74) is 3.81. The van der Waals surface area contributed by atoms with E-state index in [1.54, 1.807) is 12.1 Å². The number of nitrogens with one attached hydrogen (secondary N) is 1. The second kappa shape index (κ2) is 6.93. The molecule has 0 aliphatic rings. The predicted molar refractivity (Wildman–Crippen MR) is 100 cm³/mol. The van der Waals surface area contributed by atoms with Crippen LogP contribution in [0.25, 0.3) is 11.0 Å². The third kappa shape index (κ3) is 3.33. The summed E-state index contributed by atoms with van der Waals surface area (Å²) in [5.74, 6) is -0.437. The van der Waals surface area contributed by atoms with Crippen molar-refractivity contribution in [3.05, 3.63) is 75.1 Å². The van der Waals surface area contributed by atoms with Crippen molar-refractivity contribution in [2.24, 2.45) is 0 Å². The quantitative estimate of drug-likeness (QED) is 0.715. The molecule has 1 heterocycles. The van der Waals surface area contributed by atoms with Crippen molar-refractivity contribution in [1.82, 2.24) is 0 Å². The van der Waals surface area contributed by atoms with Crippen LogP contribution < -0.4 is 10.9 Å². The molecule has 0 radical (unpaired) electrons. The number of hydrogen-bond donors (Lipinski definition) is 1. The van der Waals surface area contributed by atoms with Crippen molar-refractivity contribution in [3.63, 3.8) is 0 Å². The number of anilines is 1. The minimum atomic E-state index is -0.624. The Hall–Kier alpha value is -2.88. The van der Waals surface area contributed by atoms with Gasteiger partial charge in [0.05, 0.1) is 0 Å². The SMILES string of the molecule is CCc1cccc(CC)c1NC(=O)c1cc2cc(C)ccc2oc1=O. The van der Waals surface area contributed by atoms with Crippen molar-refractivity contribution in [1.29, 1.82) is 0 Å². The van der Waals surface area contributed by atoms with Crippen LogP contribution in [0.4, 0.5) is 5.69 Å². The Morgan fingerprint density at radius 1 is 1.04 bits per heavy atom. The lowest BCUT2D eigenvalue weighted by molar-refractivity contribution is 0.102. The van der Waals surface area contributed by atoms with Crippen LogP contribution in [0.5, 0.6) is 0 Å². The van der Waals surface area contributed by atoms with Gasteiger partial charge in [-0.3, -0.25) is 4.79 Å². The van der Waals surface area contributed by atoms with Crippen LogP contribution in [0, 0.1) is 6.92 Å².